The Bertz CT molecular complexity index is 652. The van der Waals surface area contributed by atoms with Gasteiger partial charge in [-0.3, -0.25) is 4.79 Å². The van der Waals surface area contributed by atoms with Crippen LogP contribution in [0.4, 0.5) is 0 Å². The minimum absolute atomic E-state index is 0.0192. The Morgan fingerprint density at radius 2 is 1.95 bits per heavy atom. The van der Waals surface area contributed by atoms with Crippen molar-refractivity contribution in [2.75, 3.05) is 7.11 Å². The van der Waals surface area contributed by atoms with Crippen molar-refractivity contribution in [3.8, 4) is 5.75 Å². The Kier molecular flexibility index (Phi) is 3.36. The summed E-state index contributed by atoms with van der Waals surface area (Å²) in [5.41, 5.74) is 3.03. The van der Waals surface area contributed by atoms with E-state index in [1.807, 2.05) is 42.5 Å². The molecule has 4 heteroatoms. The molecule has 0 saturated carbocycles. The maximum Gasteiger partial charge on any atom is 0.225 e. The second kappa shape index (κ2) is 5.17. The van der Waals surface area contributed by atoms with Crippen LogP contribution in [0.2, 0.25) is 5.02 Å². The van der Waals surface area contributed by atoms with Crippen LogP contribution in [0.15, 0.2) is 42.5 Å². The molecule has 1 aliphatic rings. The van der Waals surface area contributed by atoms with Crippen molar-refractivity contribution in [2.45, 2.75) is 12.5 Å². The van der Waals surface area contributed by atoms with Gasteiger partial charge in [0.2, 0.25) is 5.91 Å². The zero-order valence-corrected chi connectivity index (χ0v) is 11.8. The molecule has 1 amide bonds. The number of halogens is 1. The monoisotopic (exact) mass is 287 g/mol. The molecule has 0 bridgehead atoms. The van der Waals surface area contributed by atoms with Gasteiger partial charge in [0.1, 0.15) is 5.75 Å². The number of benzene rings is 2. The first kappa shape index (κ1) is 13.0. The standard InChI is InChI=1S/C16H14ClNO2/c1-20-13-4-2-3-11-9-14(19)18-16(15(11)13)10-5-7-12(17)8-6-10/h2-8,16H,9H2,1H3,(H,18,19). The van der Waals surface area contributed by atoms with Crippen LogP contribution in [-0.2, 0) is 11.2 Å². The van der Waals surface area contributed by atoms with Crippen LogP contribution < -0.4 is 10.1 Å². The Morgan fingerprint density at radius 3 is 2.65 bits per heavy atom. The van der Waals surface area contributed by atoms with E-state index in [-0.39, 0.29) is 11.9 Å². The summed E-state index contributed by atoms with van der Waals surface area (Å²) in [6, 6.07) is 13.1. The lowest BCUT2D eigenvalue weighted by molar-refractivity contribution is -0.121. The number of ether oxygens (including phenoxy) is 1. The van der Waals surface area contributed by atoms with Gasteiger partial charge in [0, 0.05) is 10.6 Å². The molecule has 1 heterocycles. The van der Waals surface area contributed by atoms with E-state index in [9.17, 15) is 4.79 Å². The fourth-order valence-corrected chi connectivity index (χ4v) is 2.74. The lowest BCUT2D eigenvalue weighted by atomic mass is 9.89. The highest BCUT2D eigenvalue weighted by Crippen LogP contribution is 2.36. The molecular formula is C16H14ClNO2. The Hall–Kier alpha value is -2.00. The van der Waals surface area contributed by atoms with Gasteiger partial charge in [-0.25, -0.2) is 0 Å². The number of carbonyl (C=O) groups is 1. The van der Waals surface area contributed by atoms with E-state index in [1.165, 1.54) is 0 Å². The third-order valence-corrected chi connectivity index (χ3v) is 3.78. The SMILES string of the molecule is COc1cccc2c1C(c1ccc(Cl)cc1)NC(=O)C2. The molecule has 2 aromatic carbocycles. The van der Waals surface area contributed by atoms with Crippen LogP contribution in [0.25, 0.3) is 0 Å². The molecule has 1 unspecified atom stereocenters. The van der Waals surface area contributed by atoms with Crippen molar-refractivity contribution >= 4 is 17.5 Å². The van der Waals surface area contributed by atoms with Crippen molar-refractivity contribution in [3.63, 3.8) is 0 Å². The number of methoxy groups -OCH3 is 1. The summed E-state index contributed by atoms with van der Waals surface area (Å²) in [7, 11) is 1.64. The van der Waals surface area contributed by atoms with Gasteiger partial charge in [-0.15, -0.1) is 0 Å². The molecule has 3 nitrogen and oxygen atoms in total. The summed E-state index contributed by atoms with van der Waals surface area (Å²) < 4.78 is 5.45. The van der Waals surface area contributed by atoms with Crippen LogP contribution in [0.5, 0.6) is 5.75 Å². The minimum Gasteiger partial charge on any atom is -0.496 e. The predicted molar refractivity (Wildman–Crippen MR) is 78.1 cm³/mol. The van der Waals surface area contributed by atoms with Gasteiger partial charge in [0.05, 0.1) is 19.6 Å². The van der Waals surface area contributed by atoms with E-state index >= 15 is 0 Å². The van der Waals surface area contributed by atoms with Crippen LogP contribution in [0, 0.1) is 0 Å². The molecule has 1 aliphatic heterocycles. The van der Waals surface area contributed by atoms with E-state index in [2.05, 4.69) is 5.32 Å². The Morgan fingerprint density at radius 1 is 1.20 bits per heavy atom. The van der Waals surface area contributed by atoms with E-state index in [1.54, 1.807) is 7.11 Å². The second-order valence-electron chi connectivity index (χ2n) is 4.76. The van der Waals surface area contributed by atoms with Crippen molar-refractivity contribution in [1.82, 2.24) is 5.32 Å². The molecule has 102 valence electrons. The maximum atomic E-state index is 11.9. The summed E-state index contributed by atoms with van der Waals surface area (Å²) in [5.74, 6) is 0.813. The smallest absolute Gasteiger partial charge is 0.225 e. The first-order valence-electron chi connectivity index (χ1n) is 6.39. The first-order valence-corrected chi connectivity index (χ1v) is 6.77. The number of rotatable bonds is 2. The first-order chi connectivity index (χ1) is 9.69. The number of carbonyl (C=O) groups excluding carboxylic acids is 1. The van der Waals surface area contributed by atoms with Crippen molar-refractivity contribution in [2.24, 2.45) is 0 Å². The molecule has 1 atom stereocenters. The quantitative estimate of drug-likeness (QED) is 0.922. The number of hydrogen-bond donors (Lipinski definition) is 1. The van der Waals surface area contributed by atoms with Gasteiger partial charge < -0.3 is 10.1 Å². The zero-order valence-electron chi connectivity index (χ0n) is 11.0. The van der Waals surface area contributed by atoms with Gasteiger partial charge in [-0.1, -0.05) is 35.9 Å². The highest BCUT2D eigenvalue weighted by atomic mass is 35.5. The summed E-state index contributed by atoms with van der Waals surface area (Å²) in [5, 5.41) is 3.70. The lowest BCUT2D eigenvalue weighted by Gasteiger charge is -2.28. The van der Waals surface area contributed by atoms with E-state index in [4.69, 9.17) is 16.3 Å². The molecule has 0 radical (unpaired) electrons. The third kappa shape index (κ3) is 2.25. The summed E-state index contributed by atoms with van der Waals surface area (Å²) >= 11 is 5.93. The predicted octanol–water partition coefficient (Wildman–Crippen LogP) is 3.11. The molecule has 3 rings (SSSR count). The van der Waals surface area contributed by atoms with Gasteiger partial charge >= 0.3 is 0 Å². The number of fused-ring (bicyclic) bond motifs is 1. The highest BCUT2D eigenvalue weighted by molar-refractivity contribution is 6.30. The normalized spacial score (nSPS) is 17.3. The van der Waals surface area contributed by atoms with Gasteiger partial charge in [-0.05, 0) is 29.3 Å². The minimum atomic E-state index is -0.195. The zero-order chi connectivity index (χ0) is 14.1. The van der Waals surface area contributed by atoms with Crippen molar-refractivity contribution in [3.05, 3.63) is 64.2 Å². The number of hydrogen-bond acceptors (Lipinski definition) is 2. The molecule has 0 fully saturated rings. The van der Waals surface area contributed by atoms with Gasteiger partial charge in [-0.2, -0.15) is 0 Å². The molecule has 0 spiro atoms. The molecule has 0 saturated heterocycles. The Labute approximate surface area is 122 Å². The van der Waals surface area contributed by atoms with Crippen LogP contribution >= 0.6 is 11.6 Å². The molecule has 20 heavy (non-hydrogen) atoms. The van der Waals surface area contributed by atoms with E-state index < -0.39 is 0 Å². The molecular weight excluding hydrogens is 274 g/mol. The van der Waals surface area contributed by atoms with Crippen molar-refractivity contribution in [1.29, 1.82) is 0 Å². The van der Waals surface area contributed by atoms with Crippen molar-refractivity contribution < 1.29 is 9.53 Å². The maximum absolute atomic E-state index is 11.9. The fraction of sp³-hybridized carbons (Fsp3) is 0.188. The topological polar surface area (TPSA) is 38.3 Å². The van der Waals surface area contributed by atoms with Crippen LogP contribution in [0.3, 0.4) is 0 Å². The van der Waals surface area contributed by atoms with Gasteiger partial charge in [0.25, 0.3) is 0 Å². The number of nitrogens with one attached hydrogen (secondary N) is 1. The van der Waals surface area contributed by atoms with E-state index in [0.717, 1.165) is 22.4 Å². The summed E-state index contributed by atoms with van der Waals surface area (Å²) in [4.78, 5) is 11.9. The average Bonchev–Trinajstić information content (AvgIpc) is 2.46. The fourth-order valence-electron chi connectivity index (χ4n) is 2.61. The molecule has 0 aliphatic carbocycles. The average molecular weight is 288 g/mol. The second-order valence-corrected chi connectivity index (χ2v) is 5.20. The molecule has 0 aromatic heterocycles. The van der Waals surface area contributed by atoms with Crippen LogP contribution in [-0.4, -0.2) is 13.0 Å². The highest BCUT2D eigenvalue weighted by Gasteiger charge is 2.28. The summed E-state index contributed by atoms with van der Waals surface area (Å²) in [6.07, 6.45) is 0.386. The van der Waals surface area contributed by atoms with Crippen LogP contribution in [0.1, 0.15) is 22.7 Å². The lowest BCUT2D eigenvalue weighted by Crippen LogP contribution is -2.36. The molecule has 1 N–H and O–H groups in total. The third-order valence-electron chi connectivity index (χ3n) is 3.52. The molecule has 2 aromatic rings. The summed E-state index contributed by atoms with van der Waals surface area (Å²) in [6.45, 7) is 0. The Balaban J connectivity index is 2.13. The van der Waals surface area contributed by atoms with E-state index in [0.29, 0.717) is 11.4 Å². The largest absolute Gasteiger partial charge is 0.496 e. The van der Waals surface area contributed by atoms with Gasteiger partial charge in [0.15, 0.2) is 0 Å². The number of amides is 1.